The lowest BCUT2D eigenvalue weighted by Crippen LogP contribution is -2.37. The molecule has 0 bridgehead atoms. The Morgan fingerprint density at radius 1 is 1.17 bits per heavy atom. The number of sulfone groups is 1. The van der Waals surface area contributed by atoms with E-state index in [1.165, 1.54) is 11.8 Å². The molecule has 0 spiro atoms. The van der Waals surface area contributed by atoms with Crippen LogP contribution < -0.4 is 0 Å². The van der Waals surface area contributed by atoms with Gasteiger partial charge in [0.15, 0.2) is 0 Å². The number of likely N-dealkylation sites (tertiary alicyclic amines) is 1. The molecule has 0 radical (unpaired) electrons. The molecule has 3 rings (SSSR count). The lowest BCUT2D eigenvalue weighted by molar-refractivity contribution is 0.178. The van der Waals surface area contributed by atoms with E-state index in [1.54, 1.807) is 12.1 Å². The molecule has 1 heterocycles. The topological polar surface area (TPSA) is 57.6 Å². The van der Waals surface area contributed by atoms with E-state index in [2.05, 4.69) is 17.0 Å². The maximum absolute atomic E-state index is 11.5. The van der Waals surface area contributed by atoms with Crippen LogP contribution in [-0.4, -0.2) is 43.5 Å². The molecule has 1 aliphatic rings. The second-order valence-corrected chi connectivity index (χ2v) is 8.89. The van der Waals surface area contributed by atoms with Crippen LogP contribution in [-0.2, 0) is 16.4 Å². The maximum atomic E-state index is 11.5. The highest BCUT2D eigenvalue weighted by molar-refractivity contribution is 7.90. The molecule has 2 aromatic carbocycles. The first-order chi connectivity index (χ1) is 10.9. The second kappa shape index (κ2) is 6.49. The van der Waals surface area contributed by atoms with E-state index in [4.69, 9.17) is 0 Å². The third-order valence-corrected chi connectivity index (χ3v) is 5.51. The average molecular weight is 333 g/mol. The average Bonchev–Trinajstić information content (AvgIpc) is 2.46. The number of benzene rings is 2. The van der Waals surface area contributed by atoms with Crippen LogP contribution in [0.1, 0.15) is 18.4 Å². The smallest absolute Gasteiger partial charge is 0.147 e. The fourth-order valence-electron chi connectivity index (χ4n) is 3.50. The zero-order valence-corrected chi connectivity index (χ0v) is 14.2. The number of fused-ring (bicyclic) bond motifs is 1. The fraction of sp³-hybridized carbons (Fsp3) is 0.444. The monoisotopic (exact) mass is 333 g/mol. The molecule has 124 valence electrons. The van der Waals surface area contributed by atoms with Gasteiger partial charge in [-0.1, -0.05) is 18.2 Å². The third-order valence-electron chi connectivity index (χ3n) is 4.44. The first-order valence-corrected chi connectivity index (χ1v) is 10.1. The summed E-state index contributed by atoms with van der Waals surface area (Å²) in [6.45, 7) is 2.71. The SMILES string of the molecule is CS(=O)(=O)C[C@H]1CCCN(Cc2ccc3cc(O)ccc3c2)C1. The number of hydrogen-bond acceptors (Lipinski definition) is 4. The van der Waals surface area contributed by atoms with E-state index in [0.29, 0.717) is 5.75 Å². The molecular formula is C18H23NO3S. The van der Waals surface area contributed by atoms with Crippen molar-refractivity contribution >= 4 is 20.6 Å². The molecule has 1 N–H and O–H groups in total. The van der Waals surface area contributed by atoms with Crippen LogP contribution in [0, 0.1) is 5.92 Å². The summed E-state index contributed by atoms with van der Waals surface area (Å²) in [5.41, 5.74) is 1.23. The predicted octanol–water partition coefficient (Wildman–Crippen LogP) is 2.80. The summed E-state index contributed by atoms with van der Waals surface area (Å²) in [7, 11) is -2.90. The Bertz CT molecular complexity index is 801. The summed E-state index contributed by atoms with van der Waals surface area (Å²) in [5.74, 6) is 0.821. The normalized spacial score (nSPS) is 20.0. The number of piperidine rings is 1. The lowest BCUT2D eigenvalue weighted by atomic mass is 9.99. The van der Waals surface area contributed by atoms with Crippen molar-refractivity contribution in [3.8, 4) is 5.75 Å². The Kier molecular flexibility index (Phi) is 4.60. The van der Waals surface area contributed by atoms with E-state index in [9.17, 15) is 13.5 Å². The van der Waals surface area contributed by atoms with Crippen LogP contribution in [0.3, 0.4) is 0 Å². The first kappa shape index (κ1) is 16.3. The van der Waals surface area contributed by atoms with Crippen molar-refractivity contribution in [1.82, 2.24) is 4.90 Å². The van der Waals surface area contributed by atoms with Crippen LogP contribution in [0.5, 0.6) is 5.75 Å². The summed E-state index contributed by atoms with van der Waals surface area (Å²) >= 11 is 0. The summed E-state index contributed by atoms with van der Waals surface area (Å²) in [6.07, 6.45) is 3.38. The van der Waals surface area contributed by atoms with Gasteiger partial charge in [0, 0.05) is 19.3 Å². The van der Waals surface area contributed by atoms with Crippen molar-refractivity contribution in [1.29, 1.82) is 0 Å². The van der Waals surface area contributed by atoms with E-state index in [1.807, 2.05) is 12.1 Å². The van der Waals surface area contributed by atoms with Gasteiger partial charge in [-0.05, 0) is 59.8 Å². The van der Waals surface area contributed by atoms with Gasteiger partial charge in [-0.15, -0.1) is 0 Å². The Morgan fingerprint density at radius 3 is 2.70 bits per heavy atom. The molecule has 1 atom stereocenters. The standard InChI is InChI=1S/C18H23NO3S/c1-23(21,22)13-15-3-2-8-19(12-15)11-14-4-5-17-10-18(20)7-6-16(17)9-14/h4-7,9-10,15,20H,2-3,8,11-13H2,1H3/t15-/m0/s1. The van der Waals surface area contributed by atoms with Gasteiger partial charge in [-0.25, -0.2) is 8.42 Å². The fourth-order valence-corrected chi connectivity index (χ4v) is 4.63. The summed E-state index contributed by atoms with van der Waals surface area (Å²) in [6, 6.07) is 11.7. The molecule has 1 saturated heterocycles. The lowest BCUT2D eigenvalue weighted by Gasteiger charge is -2.32. The molecule has 0 unspecified atom stereocenters. The number of phenols is 1. The minimum absolute atomic E-state index is 0.246. The quantitative estimate of drug-likeness (QED) is 0.935. The van der Waals surface area contributed by atoms with Crippen molar-refractivity contribution in [3.05, 3.63) is 42.0 Å². The molecular weight excluding hydrogens is 310 g/mol. The van der Waals surface area contributed by atoms with Gasteiger partial charge in [-0.3, -0.25) is 4.90 Å². The molecule has 2 aromatic rings. The number of aromatic hydroxyl groups is 1. The van der Waals surface area contributed by atoms with Gasteiger partial charge < -0.3 is 5.11 Å². The van der Waals surface area contributed by atoms with Gasteiger partial charge in [0.05, 0.1) is 5.75 Å². The predicted molar refractivity (Wildman–Crippen MR) is 93.3 cm³/mol. The second-order valence-electron chi connectivity index (χ2n) is 6.70. The summed E-state index contributed by atoms with van der Waals surface area (Å²) in [5, 5.41) is 11.7. The van der Waals surface area contributed by atoms with Gasteiger partial charge in [0.2, 0.25) is 0 Å². The third kappa shape index (κ3) is 4.45. The highest BCUT2D eigenvalue weighted by Gasteiger charge is 2.23. The zero-order valence-electron chi connectivity index (χ0n) is 13.4. The summed E-state index contributed by atoms with van der Waals surface area (Å²) < 4.78 is 23.0. The van der Waals surface area contributed by atoms with Gasteiger partial charge in [0.25, 0.3) is 0 Å². The molecule has 1 fully saturated rings. The van der Waals surface area contributed by atoms with Crippen molar-refractivity contribution in [2.75, 3.05) is 25.1 Å². The number of phenolic OH excluding ortho intramolecular Hbond substituents is 1. The molecule has 0 saturated carbocycles. The minimum atomic E-state index is -2.90. The Balaban J connectivity index is 1.70. The maximum Gasteiger partial charge on any atom is 0.147 e. The zero-order chi connectivity index (χ0) is 16.4. The first-order valence-electron chi connectivity index (χ1n) is 8.01. The van der Waals surface area contributed by atoms with Crippen molar-refractivity contribution in [3.63, 3.8) is 0 Å². The Labute approximate surface area is 137 Å². The van der Waals surface area contributed by atoms with Crippen LogP contribution >= 0.6 is 0 Å². The minimum Gasteiger partial charge on any atom is -0.508 e. The molecule has 0 amide bonds. The van der Waals surface area contributed by atoms with E-state index >= 15 is 0 Å². The van der Waals surface area contributed by atoms with Gasteiger partial charge in [0.1, 0.15) is 15.6 Å². The van der Waals surface area contributed by atoms with Crippen LogP contribution in [0.25, 0.3) is 10.8 Å². The molecule has 0 aromatic heterocycles. The number of nitrogens with zero attached hydrogens (tertiary/aromatic N) is 1. The summed E-state index contributed by atoms with van der Waals surface area (Å²) in [4.78, 5) is 2.35. The van der Waals surface area contributed by atoms with E-state index in [0.717, 1.165) is 43.2 Å². The number of hydrogen-bond donors (Lipinski definition) is 1. The van der Waals surface area contributed by atoms with Crippen LogP contribution in [0.15, 0.2) is 36.4 Å². The van der Waals surface area contributed by atoms with E-state index in [-0.39, 0.29) is 11.7 Å². The van der Waals surface area contributed by atoms with Crippen molar-refractivity contribution in [2.24, 2.45) is 5.92 Å². The van der Waals surface area contributed by atoms with Crippen molar-refractivity contribution in [2.45, 2.75) is 19.4 Å². The number of rotatable bonds is 4. The molecule has 4 nitrogen and oxygen atoms in total. The Hall–Kier alpha value is -1.59. The highest BCUT2D eigenvalue weighted by atomic mass is 32.2. The Morgan fingerprint density at radius 2 is 1.91 bits per heavy atom. The van der Waals surface area contributed by atoms with E-state index < -0.39 is 9.84 Å². The molecule has 5 heteroatoms. The van der Waals surface area contributed by atoms with Gasteiger partial charge in [-0.2, -0.15) is 0 Å². The molecule has 23 heavy (non-hydrogen) atoms. The largest absolute Gasteiger partial charge is 0.508 e. The molecule has 0 aliphatic carbocycles. The van der Waals surface area contributed by atoms with Crippen LogP contribution in [0.2, 0.25) is 0 Å². The van der Waals surface area contributed by atoms with Crippen molar-refractivity contribution < 1.29 is 13.5 Å². The molecule has 1 aliphatic heterocycles. The highest BCUT2D eigenvalue weighted by Crippen LogP contribution is 2.24. The van der Waals surface area contributed by atoms with Gasteiger partial charge >= 0.3 is 0 Å². The van der Waals surface area contributed by atoms with Crippen LogP contribution in [0.4, 0.5) is 0 Å².